The summed E-state index contributed by atoms with van der Waals surface area (Å²) in [6.45, 7) is 7.70. The molecule has 0 saturated carbocycles. The van der Waals surface area contributed by atoms with Crippen LogP contribution in [0.5, 0.6) is 11.5 Å². The summed E-state index contributed by atoms with van der Waals surface area (Å²) in [5.74, 6) is -2.84. The van der Waals surface area contributed by atoms with Crippen LogP contribution in [0, 0.1) is 0 Å². The maximum Gasteiger partial charge on any atom is 0.323 e. The van der Waals surface area contributed by atoms with Crippen LogP contribution in [-0.4, -0.2) is 98.4 Å². The van der Waals surface area contributed by atoms with Gasteiger partial charge in [-0.2, -0.15) is 0 Å². The van der Waals surface area contributed by atoms with Crippen molar-refractivity contribution in [3.05, 3.63) is 23.8 Å². The molecule has 1 atom stereocenters. The summed E-state index contributed by atoms with van der Waals surface area (Å²) in [7, 11) is 0. The number of hydrogen-bond acceptors (Lipinski definition) is 8. The fourth-order valence-electron chi connectivity index (χ4n) is 5.31. The topological polar surface area (TPSA) is 141 Å². The van der Waals surface area contributed by atoms with Crippen LogP contribution in [0.3, 0.4) is 0 Å². The lowest BCUT2D eigenvalue weighted by atomic mass is 10.0. The number of aliphatic carboxylic acids is 2. The van der Waals surface area contributed by atoms with Crippen LogP contribution in [-0.2, 0) is 23.8 Å². The summed E-state index contributed by atoms with van der Waals surface area (Å²) in [4.78, 5) is 37.4. The van der Waals surface area contributed by atoms with Crippen LogP contribution in [0.4, 0.5) is 0 Å². The largest absolute Gasteiger partial charge is 0.487 e. The van der Waals surface area contributed by atoms with Crippen molar-refractivity contribution in [3.63, 3.8) is 0 Å². The molecule has 11 nitrogen and oxygen atoms in total. The predicted molar refractivity (Wildman–Crippen MR) is 186 cm³/mol. The van der Waals surface area contributed by atoms with Gasteiger partial charge in [0.25, 0.3) is 5.91 Å². The Kier molecular flexibility index (Phi) is 26.1. The van der Waals surface area contributed by atoms with E-state index in [1.165, 1.54) is 63.9 Å². The Morgan fingerprint density at radius 1 is 0.646 bits per heavy atom. The number of benzene rings is 1. The molecule has 2 N–H and O–H groups in total. The molecule has 0 heterocycles. The van der Waals surface area contributed by atoms with E-state index in [1.807, 2.05) is 6.92 Å². The highest BCUT2D eigenvalue weighted by atomic mass is 16.6. The third kappa shape index (κ3) is 21.2. The number of carboxylic acid groups (broad SMARTS) is 2. The van der Waals surface area contributed by atoms with Crippen LogP contribution in [0.25, 0.3) is 0 Å². The highest BCUT2D eigenvalue weighted by molar-refractivity contribution is 6.00. The number of rotatable bonds is 33. The zero-order valence-corrected chi connectivity index (χ0v) is 29.9. The Balaban J connectivity index is 2.93. The van der Waals surface area contributed by atoms with E-state index in [2.05, 4.69) is 13.8 Å². The molecule has 0 bridgehead atoms. The third-order valence-electron chi connectivity index (χ3n) is 7.88. The lowest BCUT2D eigenvalue weighted by Crippen LogP contribution is -2.39. The van der Waals surface area contributed by atoms with Gasteiger partial charge >= 0.3 is 11.9 Å². The monoisotopic (exact) mass is 681 g/mol. The Hall–Kier alpha value is -2.89. The molecule has 1 aromatic carbocycles. The molecule has 1 rings (SSSR count). The Labute approximate surface area is 288 Å². The van der Waals surface area contributed by atoms with Crippen LogP contribution in [0.15, 0.2) is 18.2 Å². The number of amides is 1. The molecule has 0 aromatic heterocycles. The average molecular weight is 682 g/mol. The standard InChI is InChI=1S/C37H63NO10/c1-4-7-9-10-11-12-13-14-15-16-17-20-31(19-8-5-2)48-36-32(37(43)38(29-34(39)40)30-35(41)42)21-18-22-33(36)47-28-27-46-26-25-45-24-23-44-6-3/h18,21-22,31H,4-17,19-20,23-30H2,1-3H3,(H,39,40)(H,41,42). The van der Waals surface area contributed by atoms with Gasteiger partial charge in [0.05, 0.1) is 44.7 Å². The highest BCUT2D eigenvalue weighted by Crippen LogP contribution is 2.35. The van der Waals surface area contributed by atoms with Gasteiger partial charge in [0.2, 0.25) is 0 Å². The van der Waals surface area contributed by atoms with Crippen molar-refractivity contribution in [2.24, 2.45) is 0 Å². The number of unbranched alkanes of at least 4 members (excludes halogenated alkanes) is 11. The third-order valence-corrected chi connectivity index (χ3v) is 7.88. The van der Waals surface area contributed by atoms with Crippen molar-refractivity contribution in [2.75, 3.05) is 59.3 Å². The molecule has 0 fully saturated rings. The normalized spacial score (nSPS) is 11.7. The lowest BCUT2D eigenvalue weighted by molar-refractivity contribution is -0.140. The minimum atomic E-state index is -1.31. The van der Waals surface area contributed by atoms with E-state index < -0.39 is 30.9 Å². The van der Waals surface area contributed by atoms with Gasteiger partial charge in [-0.15, -0.1) is 0 Å². The maximum absolute atomic E-state index is 13.6. The fourth-order valence-corrected chi connectivity index (χ4v) is 5.31. The van der Waals surface area contributed by atoms with Crippen molar-refractivity contribution in [1.82, 2.24) is 4.90 Å². The minimum Gasteiger partial charge on any atom is -0.487 e. The molecule has 1 aromatic rings. The smallest absolute Gasteiger partial charge is 0.323 e. The molecule has 0 radical (unpaired) electrons. The van der Waals surface area contributed by atoms with Gasteiger partial charge in [0.15, 0.2) is 11.5 Å². The number of para-hydroxylation sites is 1. The van der Waals surface area contributed by atoms with Crippen LogP contribution < -0.4 is 9.47 Å². The first kappa shape index (κ1) is 43.1. The summed E-state index contributed by atoms with van der Waals surface area (Å²) >= 11 is 0. The summed E-state index contributed by atoms with van der Waals surface area (Å²) < 4.78 is 28.9. The molecule has 0 aliphatic heterocycles. The summed E-state index contributed by atoms with van der Waals surface area (Å²) in [6.07, 6.45) is 17.0. The maximum atomic E-state index is 13.6. The Bertz CT molecular complexity index is 973. The van der Waals surface area contributed by atoms with Gasteiger partial charge in [-0.25, -0.2) is 0 Å². The molecule has 1 amide bonds. The second kappa shape index (κ2) is 29.1. The Morgan fingerprint density at radius 2 is 1.15 bits per heavy atom. The first-order valence-corrected chi connectivity index (χ1v) is 18.2. The SMILES string of the molecule is CCCCCCCCCCCCCC(CCCC)Oc1c(OCCOCCOCCOCC)cccc1C(=O)N(CC(=O)O)CC(=O)O. The van der Waals surface area contributed by atoms with Crippen molar-refractivity contribution in [2.45, 2.75) is 123 Å². The van der Waals surface area contributed by atoms with Crippen LogP contribution in [0.2, 0.25) is 0 Å². The number of ether oxygens (including phenoxy) is 5. The molecular formula is C37H63NO10. The first-order valence-electron chi connectivity index (χ1n) is 18.2. The van der Waals surface area contributed by atoms with E-state index in [1.54, 1.807) is 12.1 Å². The quantitative estimate of drug-likeness (QED) is 0.0722. The highest BCUT2D eigenvalue weighted by Gasteiger charge is 2.27. The van der Waals surface area contributed by atoms with Gasteiger partial charge in [-0.1, -0.05) is 97.0 Å². The first-order chi connectivity index (χ1) is 23.3. The molecule has 0 aliphatic rings. The number of carboxylic acids is 2. The number of hydrogen-bond donors (Lipinski definition) is 2. The molecule has 0 aliphatic carbocycles. The van der Waals surface area contributed by atoms with Crippen LogP contribution >= 0.6 is 0 Å². The van der Waals surface area contributed by atoms with E-state index in [0.717, 1.165) is 43.4 Å². The second-order valence-electron chi connectivity index (χ2n) is 12.1. The molecule has 48 heavy (non-hydrogen) atoms. The zero-order valence-electron chi connectivity index (χ0n) is 29.9. The van der Waals surface area contributed by atoms with Gasteiger partial charge in [0.1, 0.15) is 19.7 Å². The van der Waals surface area contributed by atoms with Gasteiger partial charge in [-0.3, -0.25) is 14.4 Å². The van der Waals surface area contributed by atoms with Gasteiger partial charge < -0.3 is 38.8 Å². The summed E-state index contributed by atoms with van der Waals surface area (Å²) in [5.41, 5.74) is 0.0686. The van der Waals surface area contributed by atoms with E-state index in [9.17, 15) is 24.6 Å². The minimum absolute atomic E-state index is 0.0686. The average Bonchev–Trinajstić information content (AvgIpc) is 3.06. The number of carbonyl (C=O) groups excluding carboxylic acids is 1. The van der Waals surface area contributed by atoms with E-state index in [0.29, 0.717) is 38.8 Å². The molecule has 0 saturated heterocycles. The van der Waals surface area contributed by atoms with Crippen LogP contribution in [0.1, 0.15) is 127 Å². The van der Waals surface area contributed by atoms with E-state index in [-0.39, 0.29) is 30.6 Å². The predicted octanol–water partition coefficient (Wildman–Crippen LogP) is 7.39. The number of carbonyl (C=O) groups is 3. The van der Waals surface area contributed by atoms with Gasteiger partial charge in [-0.05, 0) is 38.3 Å². The van der Waals surface area contributed by atoms with Gasteiger partial charge in [0, 0.05) is 6.61 Å². The molecule has 11 heteroatoms. The van der Waals surface area contributed by atoms with E-state index >= 15 is 0 Å². The van der Waals surface area contributed by atoms with Crippen molar-refractivity contribution in [1.29, 1.82) is 0 Å². The molecule has 276 valence electrons. The Morgan fingerprint density at radius 3 is 1.69 bits per heavy atom. The lowest BCUT2D eigenvalue weighted by Gasteiger charge is -2.25. The molecule has 1 unspecified atom stereocenters. The molecule has 0 spiro atoms. The van der Waals surface area contributed by atoms with E-state index in [4.69, 9.17) is 23.7 Å². The number of nitrogens with zero attached hydrogens (tertiary/aromatic N) is 1. The zero-order chi connectivity index (χ0) is 35.2. The second-order valence-corrected chi connectivity index (χ2v) is 12.1. The summed E-state index contributed by atoms with van der Waals surface area (Å²) in [5, 5.41) is 18.8. The van der Waals surface area contributed by atoms with Crippen molar-refractivity contribution in [3.8, 4) is 11.5 Å². The molecular weight excluding hydrogens is 618 g/mol. The summed E-state index contributed by atoms with van der Waals surface area (Å²) in [6, 6.07) is 4.84. The van der Waals surface area contributed by atoms with Crippen molar-refractivity contribution >= 4 is 17.8 Å². The fraction of sp³-hybridized carbons (Fsp3) is 0.757. The van der Waals surface area contributed by atoms with Crippen molar-refractivity contribution < 1.29 is 48.3 Å².